The topological polar surface area (TPSA) is 116 Å². The lowest BCUT2D eigenvalue weighted by molar-refractivity contribution is -0.133. The number of nitrogens with zero attached hydrogens (tertiary/aromatic N) is 4. The second-order valence-corrected chi connectivity index (χ2v) is 8.77. The van der Waals surface area contributed by atoms with Gasteiger partial charge < -0.3 is 15.0 Å². The molecule has 33 heavy (non-hydrogen) atoms. The number of benzene rings is 1. The first-order valence-electron chi connectivity index (χ1n) is 11.2. The van der Waals surface area contributed by atoms with E-state index < -0.39 is 5.41 Å². The fourth-order valence-electron chi connectivity index (χ4n) is 5.47. The number of hydrogen-bond donors (Lipinski definition) is 3. The van der Waals surface area contributed by atoms with E-state index >= 15 is 0 Å². The van der Waals surface area contributed by atoms with Crippen molar-refractivity contribution in [1.82, 2.24) is 30.0 Å². The third-order valence-corrected chi connectivity index (χ3v) is 6.94. The van der Waals surface area contributed by atoms with E-state index in [0.29, 0.717) is 12.6 Å². The fraction of sp³-hybridized carbons (Fsp3) is 0.417. The maximum absolute atomic E-state index is 13.7. The Morgan fingerprint density at radius 3 is 2.73 bits per heavy atom. The summed E-state index contributed by atoms with van der Waals surface area (Å²) in [5, 5.41) is 17.0. The minimum atomic E-state index is -0.421. The van der Waals surface area contributed by atoms with Gasteiger partial charge >= 0.3 is 0 Å². The number of aromatic nitrogens is 4. The largest absolute Gasteiger partial charge is 0.483 e. The van der Waals surface area contributed by atoms with E-state index in [-0.39, 0.29) is 18.4 Å². The minimum Gasteiger partial charge on any atom is -0.483 e. The predicted molar refractivity (Wildman–Crippen MR) is 122 cm³/mol. The van der Waals surface area contributed by atoms with Crippen molar-refractivity contribution in [3.8, 4) is 0 Å². The van der Waals surface area contributed by atoms with Crippen LogP contribution in [0.15, 0.2) is 55.0 Å². The molecule has 1 amide bonds. The molecule has 1 aromatic carbocycles. The Labute approximate surface area is 192 Å². The standard InChI is InChI=1S/C23H28N6O.CH2O2/c1-28-12-11-24-21(28)16-29-19-7-8-20(29)23(14-19,13-17-5-3-2-4-6-17)22(30)25-15-18-9-10-26-27-18;2-1-3/h2-6,9-12,19-20H,7-8,13-16H2,1H3,(H,25,30)(H,26,27);1H,(H,2,3)/t19-,20+,23+;/m0./s1. The first-order valence-corrected chi connectivity index (χ1v) is 11.2. The molecule has 9 heteroatoms. The summed E-state index contributed by atoms with van der Waals surface area (Å²) in [6, 6.07) is 13.0. The van der Waals surface area contributed by atoms with Crippen molar-refractivity contribution in [3.05, 3.63) is 72.1 Å². The molecule has 2 aliphatic rings. The Hall–Kier alpha value is -3.46. The zero-order valence-corrected chi connectivity index (χ0v) is 18.7. The van der Waals surface area contributed by atoms with Crippen LogP contribution in [0.25, 0.3) is 0 Å². The van der Waals surface area contributed by atoms with E-state index in [1.165, 1.54) is 5.56 Å². The molecule has 0 unspecified atom stereocenters. The molecule has 9 nitrogen and oxygen atoms in total. The van der Waals surface area contributed by atoms with E-state index in [1.54, 1.807) is 6.20 Å². The Kier molecular flexibility index (Phi) is 6.88. The molecular weight excluding hydrogens is 420 g/mol. The number of imidazole rings is 1. The first kappa shape index (κ1) is 22.7. The van der Waals surface area contributed by atoms with Crippen molar-refractivity contribution < 1.29 is 14.7 Å². The fourth-order valence-corrected chi connectivity index (χ4v) is 5.47. The quantitative estimate of drug-likeness (QED) is 0.475. The molecular formula is C24H30N6O3. The Morgan fingerprint density at radius 1 is 1.27 bits per heavy atom. The van der Waals surface area contributed by atoms with Gasteiger partial charge in [0.2, 0.25) is 5.91 Å². The summed E-state index contributed by atoms with van der Waals surface area (Å²) in [5.74, 6) is 1.21. The van der Waals surface area contributed by atoms with Crippen LogP contribution >= 0.6 is 0 Å². The molecule has 4 heterocycles. The van der Waals surface area contributed by atoms with Crippen molar-refractivity contribution in [2.75, 3.05) is 0 Å². The molecule has 2 aromatic heterocycles. The molecule has 0 saturated carbocycles. The highest BCUT2D eigenvalue weighted by atomic mass is 16.3. The van der Waals surface area contributed by atoms with Crippen molar-refractivity contribution in [1.29, 1.82) is 0 Å². The normalized spacial score (nSPS) is 23.7. The number of carbonyl (C=O) groups is 2. The molecule has 3 N–H and O–H groups in total. The predicted octanol–water partition coefficient (Wildman–Crippen LogP) is 2.13. The molecule has 2 aliphatic heterocycles. The third kappa shape index (κ3) is 4.68. The number of nitrogens with one attached hydrogen (secondary N) is 2. The number of amides is 1. The number of H-pyrrole nitrogens is 1. The number of hydrogen-bond acceptors (Lipinski definition) is 5. The van der Waals surface area contributed by atoms with Crippen LogP contribution in [0.3, 0.4) is 0 Å². The minimum absolute atomic E-state index is 0.151. The van der Waals surface area contributed by atoms with Gasteiger partial charge in [0.15, 0.2) is 0 Å². The number of carbonyl (C=O) groups excluding carboxylic acids is 1. The second-order valence-electron chi connectivity index (χ2n) is 8.77. The van der Waals surface area contributed by atoms with Crippen LogP contribution in [0.4, 0.5) is 0 Å². The van der Waals surface area contributed by atoms with Crippen LogP contribution < -0.4 is 5.32 Å². The lowest BCUT2D eigenvalue weighted by Crippen LogP contribution is -2.50. The van der Waals surface area contributed by atoms with Crippen molar-refractivity contribution in [2.45, 2.75) is 50.9 Å². The summed E-state index contributed by atoms with van der Waals surface area (Å²) >= 11 is 0. The molecule has 174 valence electrons. The maximum atomic E-state index is 13.7. The zero-order valence-electron chi connectivity index (χ0n) is 18.7. The van der Waals surface area contributed by atoms with E-state index in [1.807, 2.05) is 31.6 Å². The molecule has 0 aliphatic carbocycles. The van der Waals surface area contributed by atoms with Gasteiger partial charge in [-0.05, 0) is 37.3 Å². The van der Waals surface area contributed by atoms with Gasteiger partial charge in [-0.3, -0.25) is 19.6 Å². The number of fused-ring (bicyclic) bond motifs is 2. The van der Waals surface area contributed by atoms with Crippen LogP contribution in [0.1, 0.15) is 36.3 Å². The van der Waals surface area contributed by atoms with Gasteiger partial charge in [-0.2, -0.15) is 5.10 Å². The molecule has 2 fully saturated rings. The number of aromatic amines is 1. The maximum Gasteiger partial charge on any atom is 0.290 e. The molecule has 3 atom stereocenters. The summed E-state index contributed by atoms with van der Waals surface area (Å²) < 4.78 is 2.08. The summed E-state index contributed by atoms with van der Waals surface area (Å²) in [6.07, 6.45) is 9.42. The summed E-state index contributed by atoms with van der Waals surface area (Å²) in [5.41, 5.74) is 1.72. The van der Waals surface area contributed by atoms with Gasteiger partial charge in [0, 0.05) is 37.7 Å². The van der Waals surface area contributed by atoms with E-state index in [9.17, 15) is 4.79 Å². The van der Waals surface area contributed by atoms with Crippen LogP contribution in [0, 0.1) is 5.41 Å². The number of rotatable bonds is 7. The lowest BCUT2D eigenvalue weighted by Gasteiger charge is -2.36. The summed E-state index contributed by atoms with van der Waals surface area (Å²) in [7, 11) is 2.04. The van der Waals surface area contributed by atoms with Crippen LogP contribution in [-0.4, -0.2) is 54.2 Å². The average molecular weight is 451 g/mol. The van der Waals surface area contributed by atoms with Gasteiger partial charge in [0.25, 0.3) is 6.47 Å². The van der Waals surface area contributed by atoms with Gasteiger partial charge in [-0.1, -0.05) is 30.3 Å². The Bertz CT molecular complexity index is 1050. The SMILES string of the molecule is Cn1ccnc1CN1[C@H]2CC[C@@H]1[C@](Cc1ccccc1)(C(=O)NCc1ccn[nH]1)C2.O=CO. The average Bonchev–Trinajstić information content (AvgIpc) is 3.60. The molecule has 0 radical (unpaired) electrons. The highest BCUT2D eigenvalue weighted by Crippen LogP contribution is 2.52. The molecule has 2 bridgehead atoms. The van der Waals surface area contributed by atoms with Crippen molar-refractivity contribution in [3.63, 3.8) is 0 Å². The molecule has 5 rings (SSSR count). The van der Waals surface area contributed by atoms with Crippen LogP contribution in [-0.2, 0) is 36.1 Å². The summed E-state index contributed by atoms with van der Waals surface area (Å²) in [6.45, 7) is 1.02. The second kappa shape index (κ2) is 9.99. The van der Waals surface area contributed by atoms with E-state index in [0.717, 1.165) is 43.7 Å². The van der Waals surface area contributed by atoms with Gasteiger partial charge in [-0.15, -0.1) is 0 Å². The number of aryl methyl sites for hydroxylation is 1. The van der Waals surface area contributed by atoms with Crippen molar-refractivity contribution >= 4 is 12.4 Å². The van der Waals surface area contributed by atoms with E-state index in [2.05, 4.69) is 54.2 Å². The smallest absolute Gasteiger partial charge is 0.290 e. The van der Waals surface area contributed by atoms with Crippen LogP contribution in [0.5, 0.6) is 0 Å². The Morgan fingerprint density at radius 2 is 2.06 bits per heavy atom. The summed E-state index contributed by atoms with van der Waals surface area (Å²) in [4.78, 5) is 29.1. The highest BCUT2D eigenvalue weighted by molar-refractivity contribution is 5.84. The third-order valence-electron chi connectivity index (χ3n) is 6.94. The van der Waals surface area contributed by atoms with Gasteiger partial charge in [0.1, 0.15) is 5.82 Å². The Balaban J connectivity index is 0.000000821. The van der Waals surface area contributed by atoms with E-state index in [4.69, 9.17) is 9.90 Å². The molecule has 3 aromatic rings. The zero-order chi connectivity index (χ0) is 23.3. The van der Waals surface area contributed by atoms with Crippen molar-refractivity contribution in [2.24, 2.45) is 12.5 Å². The first-order chi connectivity index (χ1) is 16.1. The molecule has 2 saturated heterocycles. The van der Waals surface area contributed by atoms with Crippen LogP contribution in [0.2, 0.25) is 0 Å². The van der Waals surface area contributed by atoms with Gasteiger partial charge in [-0.25, -0.2) is 4.98 Å². The highest BCUT2D eigenvalue weighted by Gasteiger charge is 2.59. The monoisotopic (exact) mass is 450 g/mol. The molecule has 0 spiro atoms. The van der Waals surface area contributed by atoms with Gasteiger partial charge in [0.05, 0.1) is 24.2 Å². The lowest BCUT2D eigenvalue weighted by atomic mass is 9.69. The number of carboxylic acid groups (broad SMARTS) is 1.